The lowest BCUT2D eigenvalue weighted by Gasteiger charge is -2.32. The molecule has 0 aliphatic carbocycles. The van der Waals surface area contributed by atoms with Crippen LogP contribution in [0.15, 0.2) is 84.9 Å². The number of anilines is 1. The number of carbonyl (C=O) groups excluding carboxylic acids is 2. The van der Waals surface area contributed by atoms with Gasteiger partial charge in [0.2, 0.25) is 21.8 Å². The molecule has 0 saturated carbocycles. The highest BCUT2D eigenvalue weighted by Crippen LogP contribution is 2.30. The van der Waals surface area contributed by atoms with Gasteiger partial charge in [-0.25, -0.2) is 8.42 Å². The topological polar surface area (TPSA) is 96.0 Å². The fourth-order valence-electron chi connectivity index (χ4n) is 4.66. The van der Waals surface area contributed by atoms with E-state index < -0.39 is 16.1 Å². The van der Waals surface area contributed by atoms with Crippen LogP contribution >= 0.6 is 0 Å². The van der Waals surface area contributed by atoms with Crippen LogP contribution in [-0.4, -0.2) is 57.6 Å². The monoisotopic (exact) mass is 579 g/mol. The van der Waals surface area contributed by atoms with Crippen molar-refractivity contribution in [3.63, 3.8) is 0 Å². The molecule has 0 fully saturated rings. The van der Waals surface area contributed by atoms with Crippen molar-refractivity contribution in [3.8, 4) is 5.75 Å². The Kier molecular flexibility index (Phi) is 12.2. The summed E-state index contributed by atoms with van der Waals surface area (Å²) in [5.74, 6) is 0.0221. The number of methoxy groups -OCH3 is 1. The number of ether oxygens (including phenoxy) is 1. The molecule has 3 aromatic carbocycles. The van der Waals surface area contributed by atoms with E-state index >= 15 is 0 Å². The Morgan fingerprint density at radius 1 is 0.878 bits per heavy atom. The summed E-state index contributed by atoms with van der Waals surface area (Å²) in [6.07, 6.45) is 3.64. The molecule has 1 atom stereocenters. The molecule has 9 heteroatoms. The summed E-state index contributed by atoms with van der Waals surface area (Å²) in [5, 5.41) is 3.02. The molecule has 0 aliphatic heterocycles. The highest BCUT2D eigenvalue weighted by molar-refractivity contribution is 7.92. The number of rotatable bonds is 16. The van der Waals surface area contributed by atoms with Crippen molar-refractivity contribution in [2.24, 2.45) is 0 Å². The Balaban J connectivity index is 1.86. The number of hydrogen-bond donors (Lipinski definition) is 1. The van der Waals surface area contributed by atoms with Gasteiger partial charge in [-0.15, -0.1) is 0 Å². The number of carbonyl (C=O) groups is 2. The van der Waals surface area contributed by atoms with Crippen LogP contribution in [0, 0.1) is 0 Å². The van der Waals surface area contributed by atoms with Crippen molar-refractivity contribution in [1.82, 2.24) is 10.2 Å². The maximum atomic E-state index is 13.9. The van der Waals surface area contributed by atoms with Gasteiger partial charge in [-0.2, -0.15) is 0 Å². The fourth-order valence-corrected chi connectivity index (χ4v) is 5.63. The highest BCUT2D eigenvalue weighted by atomic mass is 32.2. The number of sulfonamides is 1. The van der Waals surface area contributed by atoms with Gasteiger partial charge in [0.05, 0.1) is 19.1 Å². The molecule has 0 aromatic heterocycles. The smallest absolute Gasteiger partial charge is 0.243 e. The molecule has 3 aromatic rings. The number of unbranched alkanes of at least 4 members (excludes halogenated alkanes) is 1. The quantitative estimate of drug-likeness (QED) is 0.246. The molecular weight excluding hydrogens is 538 g/mol. The zero-order valence-electron chi connectivity index (χ0n) is 24.2. The van der Waals surface area contributed by atoms with Crippen LogP contribution in [0.5, 0.6) is 5.75 Å². The summed E-state index contributed by atoms with van der Waals surface area (Å²) in [4.78, 5) is 29.0. The first kappa shape index (κ1) is 31.7. The zero-order chi connectivity index (χ0) is 29.7. The van der Waals surface area contributed by atoms with E-state index in [1.54, 1.807) is 29.2 Å². The Hall–Kier alpha value is -3.85. The van der Waals surface area contributed by atoms with E-state index in [4.69, 9.17) is 4.74 Å². The van der Waals surface area contributed by atoms with Gasteiger partial charge in [0, 0.05) is 32.5 Å². The number of amides is 2. The van der Waals surface area contributed by atoms with E-state index in [1.165, 1.54) is 11.4 Å². The molecule has 0 radical (unpaired) electrons. The van der Waals surface area contributed by atoms with E-state index in [0.29, 0.717) is 24.4 Å². The van der Waals surface area contributed by atoms with Crippen molar-refractivity contribution in [1.29, 1.82) is 0 Å². The van der Waals surface area contributed by atoms with E-state index in [0.717, 1.165) is 30.2 Å². The minimum atomic E-state index is -3.64. The summed E-state index contributed by atoms with van der Waals surface area (Å²) in [5.41, 5.74) is 2.28. The van der Waals surface area contributed by atoms with Crippen LogP contribution < -0.4 is 14.4 Å². The van der Waals surface area contributed by atoms with Gasteiger partial charge in [-0.05, 0) is 36.1 Å². The van der Waals surface area contributed by atoms with Gasteiger partial charge in [0.15, 0.2) is 0 Å². The van der Waals surface area contributed by atoms with Gasteiger partial charge >= 0.3 is 0 Å². The molecule has 2 amide bonds. The molecule has 0 bridgehead atoms. The van der Waals surface area contributed by atoms with Crippen LogP contribution in [-0.2, 0) is 32.6 Å². The first-order valence-electron chi connectivity index (χ1n) is 14.0. The Morgan fingerprint density at radius 3 is 2.10 bits per heavy atom. The third kappa shape index (κ3) is 9.63. The minimum absolute atomic E-state index is 0.0710. The molecular formula is C32H41N3O5S. The van der Waals surface area contributed by atoms with E-state index in [9.17, 15) is 18.0 Å². The van der Waals surface area contributed by atoms with Crippen molar-refractivity contribution in [2.45, 2.75) is 51.6 Å². The first-order valence-corrected chi connectivity index (χ1v) is 15.8. The Morgan fingerprint density at radius 2 is 1.49 bits per heavy atom. The van der Waals surface area contributed by atoms with Crippen molar-refractivity contribution in [2.75, 3.05) is 30.8 Å². The summed E-state index contributed by atoms with van der Waals surface area (Å²) in [7, 11) is -2.15. The largest absolute Gasteiger partial charge is 0.495 e. The number of benzene rings is 3. The maximum Gasteiger partial charge on any atom is 0.243 e. The molecule has 8 nitrogen and oxygen atoms in total. The first-order chi connectivity index (χ1) is 19.7. The second kappa shape index (κ2) is 15.8. The number of nitrogens with one attached hydrogen (secondary N) is 1. The van der Waals surface area contributed by atoms with E-state index in [1.807, 2.05) is 60.7 Å². The molecule has 0 saturated heterocycles. The van der Waals surface area contributed by atoms with Crippen LogP contribution in [0.4, 0.5) is 5.69 Å². The molecule has 1 N–H and O–H groups in total. The van der Waals surface area contributed by atoms with Crippen molar-refractivity contribution < 1.29 is 22.7 Å². The second-order valence-electron chi connectivity index (χ2n) is 9.97. The lowest BCUT2D eigenvalue weighted by atomic mass is 10.0. The number of nitrogens with zero attached hydrogens (tertiary/aromatic N) is 2. The Labute approximate surface area is 244 Å². The maximum absolute atomic E-state index is 13.9. The number of hydrogen-bond acceptors (Lipinski definition) is 5. The molecule has 0 unspecified atom stereocenters. The molecule has 0 heterocycles. The molecule has 0 spiro atoms. The summed E-state index contributed by atoms with van der Waals surface area (Å²) >= 11 is 0. The van der Waals surface area contributed by atoms with Gasteiger partial charge in [0.25, 0.3) is 0 Å². The lowest BCUT2D eigenvalue weighted by molar-refractivity contribution is -0.141. The lowest BCUT2D eigenvalue weighted by Crippen LogP contribution is -2.50. The van der Waals surface area contributed by atoms with Crippen LogP contribution in [0.1, 0.15) is 43.7 Å². The third-order valence-electron chi connectivity index (χ3n) is 6.80. The van der Waals surface area contributed by atoms with E-state index in [-0.39, 0.29) is 37.7 Å². The molecule has 220 valence electrons. The van der Waals surface area contributed by atoms with Gasteiger partial charge < -0.3 is 15.0 Å². The van der Waals surface area contributed by atoms with E-state index in [2.05, 4.69) is 12.2 Å². The fraction of sp³-hybridized carbons (Fsp3) is 0.375. The summed E-state index contributed by atoms with van der Waals surface area (Å²) in [6, 6.07) is 25.4. The predicted molar refractivity (Wildman–Crippen MR) is 163 cm³/mol. The van der Waals surface area contributed by atoms with Crippen LogP contribution in [0.3, 0.4) is 0 Å². The highest BCUT2D eigenvalue weighted by Gasteiger charge is 2.30. The number of para-hydroxylation sites is 2. The third-order valence-corrected chi connectivity index (χ3v) is 7.98. The van der Waals surface area contributed by atoms with Crippen molar-refractivity contribution in [3.05, 3.63) is 96.1 Å². The predicted octanol–water partition coefficient (Wildman–Crippen LogP) is 4.80. The standard InChI is InChI=1S/C32H41N3O5S/c1-4-5-22-33-32(37)29(24-26-15-8-6-9-16-26)34(25-27-17-10-7-11-18-27)31(36)21-14-23-35(41(3,38)39)28-19-12-13-20-30(28)40-2/h6-13,15-20,29H,4-5,14,21-25H2,1-3H3,(H,33,37)/t29-/m0/s1. The van der Waals surface area contributed by atoms with Gasteiger partial charge in [0.1, 0.15) is 11.8 Å². The van der Waals surface area contributed by atoms with Crippen LogP contribution in [0.2, 0.25) is 0 Å². The van der Waals surface area contributed by atoms with Gasteiger partial charge in [-0.1, -0.05) is 86.1 Å². The SMILES string of the molecule is CCCCNC(=O)[C@H](Cc1ccccc1)N(Cc1ccccc1)C(=O)CCCN(c1ccccc1OC)S(C)(=O)=O. The average molecular weight is 580 g/mol. The Bertz CT molecular complexity index is 1350. The van der Waals surface area contributed by atoms with Gasteiger partial charge in [-0.3, -0.25) is 13.9 Å². The molecule has 3 rings (SSSR count). The zero-order valence-corrected chi connectivity index (χ0v) is 25.0. The minimum Gasteiger partial charge on any atom is -0.495 e. The normalized spacial score (nSPS) is 11.9. The molecule has 0 aliphatic rings. The summed E-state index contributed by atoms with van der Waals surface area (Å²) < 4.78 is 32.0. The van der Waals surface area contributed by atoms with Crippen LogP contribution in [0.25, 0.3) is 0 Å². The summed E-state index contributed by atoms with van der Waals surface area (Å²) in [6.45, 7) is 2.96. The average Bonchev–Trinajstić information content (AvgIpc) is 2.97. The van der Waals surface area contributed by atoms with Crippen molar-refractivity contribution >= 4 is 27.5 Å². The second-order valence-corrected chi connectivity index (χ2v) is 11.9. The molecule has 41 heavy (non-hydrogen) atoms.